The Labute approximate surface area is 146 Å². The maximum Gasteiger partial charge on any atom is 0.292 e. The maximum atomic E-state index is 12.3. The quantitative estimate of drug-likeness (QED) is 0.496. The smallest absolute Gasteiger partial charge is 0.292 e. The Hall–Kier alpha value is -2.47. The third-order valence-corrected chi connectivity index (χ3v) is 4.68. The van der Waals surface area contributed by atoms with Crippen LogP contribution < -0.4 is 5.32 Å². The molecule has 132 valence electrons. The van der Waals surface area contributed by atoms with E-state index in [-0.39, 0.29) is 12.1 Å². The highest BCUT2D eigenvalue weighted by Gasteiger charge is 2.29. The van der Waals surface area contributed by atoms with Crippen LogP contribution in [-0.2, 0) is 4.79 Å². The molecule has 0 atom stereocenters. The Balaban J connectivity index is 1.61. The molecule has 25 heavy (non-hydrogen) atoms. The third-order valence-electron chi connectivity index (χ3n) is 4.68. The van der Waals surface area contributed by atoms with Crippen molar-refractivity contribution in [2.24, 2.45) is 0 Å². The first kappa shape index (κ1) is 17.4. The molecule has 2 N–H and O–H groups in total. The molecule has 0 unspecified atom stereocenters. The average molecular weight is 341 g/mol. The van der Waals surface area contributed by atoms with Gasteiger partial charge in [0.1, 0.15) is 0 Å². The molecule has 1 aliphatic rings. The van der Waals surface area contributed by atoms with E-state index in [1.54, 1.807) is 4.68 Å². The molecule has 6 nitrogen and oxygen atoms in total. The molecule has 0 bridgehead atoms. The van der Waals surface area contributed by atoms with Crippen molar-refractivity contribution in [1.82, 2.24) is 15.1 Å². The second-order valence-electron chi connectivity index (χ2n) is 6.66. The average Bonchev–Trinajstić information content (AvgIpc) is 3.03. The first-order chi connectivity index (χ1) is 12.1. The van der Waals surface area contributed by atoms with E-state index in [1.165, 1.54) is 12.4 Å². The lowest BCUT2D eigenvalue weighted by molar-refractivity contribution is -0.118. The van der Waals surface area contributed by atoms with Crippen LogP contribution in [0.2, 0.25) is 0 Å². The minimum absolute atomic E-state index is 0.115. The van der Waals surface area contributed by atoms with E-state index >= 15 is 0 Å². The molecule has 1 amide bonds. The van der Waals surface area contributed by atoms with Crippen molar-refractivity contribution >= 4 is 11.7 Å². The van der Waals surface area contributed by atoms with Crippen molar-refractivity contribution in [3.63, 3.8) is 0 Å². The fraction of sp³-hybridized carbons (Fsp3) is 0.421. The summed E-state index contributed by atoms with van der Waals surface area (Å²) in [6, 6.07) is 9.37. The maximum absolute atomic E-state index is 12.3. The summed E-state index contributed by atoms with van der Waals surface area (Å²) in [5.74, 6) is -1.34. The fourth-order valence-corrected chi connectivity index (χ4v) is 3.18. The SMILES string of the molecule is O=C(NCC1(O)CCCCCC1)C(=O)c1cnn(-c2ccccc2)c1. The van der Waals surface area contributed by atoms with Gasteiger partial charge in [0, 0.05) is 12.7 Å². The van der Waals surface area contributed by atoms with Gasteiger partial charge in [-0.3, -0.25) is 9.59 Å². The summed E-state index contributed by atoms with van der Waals surface area (Å²) >= 11 is 0. The Morgan fingerprint density at radius 3 is 2.48 bits per heavy atom. The monoisotopic (exact) mass is 341 g/mol. The Morgan fingerprint density at radius 2 is 1.80 bits per heavy atom. The van der Waals surface area contributed by atoms with Gasteiger partial charge in [-0.2, -0.15) is 5.10 Å². The van der Waals surface area contributed by atoms with Gasteiger partial charge in [0.05, 0.1) is 23.0 Å². The summed E-state index contributed by atoms with van der Waals surface area (Å²) in [4.78, 5) is 24.4. The molecular weight excluding hydrogens is 318 g/mol. The summed E-state index contributed by atoms with van der Waals surface area (Å²) in [6.07, 6.45) is 8.35. The van der Waals surface area contributed by atoms with Crippen LogP contribution in [0.15, 0.2) is 42.7 Å². The molecule has 1 aliphatic carbocycles. The van der Waals surface area contributed by atoms with Crippen LogP contribution in [0.5, 0.6) is 0 Å². The second kappa shape index (κ2) is 7.61. The molecule has 6 heteroatoms. The summed E-state index contributed by atoms with van der Waals surface area (Å²) in [7, 11) is 0. The largest absolute Gasteiger partial charge is 0.388 e. The zero-order valence-corrected chi connectivity index (χ0v) is 14.1. The highest BCUT2D eigenvalue weighted by molar-refractivity contribution is 6.42. The van der Waals surface area contributed by atoms with Crippen LogP contribution in [0, 0.1) is 0 Å². The van der Waals surface area contributed by atoms with E-state index in [4.69, 9.17) is 0 Å². The Kier molecular flexibility index (Phi) is 5.28. The summed E-state index contributed by atoms with van der Waals surface area (Å²) in [5.41, 5.74) is 0.143. The lowest BCUT2D eigenvalue weighted by Crippen LogP contribution is -2.44. The van der Waals surface area contributed by atoms with Gasteiger partial charge in [-0.25, -0.2) is 4.68 Å². The molecule has 1 aromatic heterocycles. The van der Waals surface area contributed by atoms with Crippen molar-refractivity contribution in [3.8, 4) is 5.69 Å². The number of amides is 1. The molecule has 0 radical (unpaired) electrons. The number of benzene rings is 1. The van der Waals surface area contributed by atoms with Crippen molar-refractivity contribution < 1.29 is 14.7 Å². The van der Waals surface area contributed by atoms with Gasteiger partial charge in [-0.05, 0) is 25.0 Å². The van der Waals surface area contributed by atoms with Crippen LogP contribution in [0.3, 0.4) is 0 Å². The molecule has 1 saturated carbocycles. The number of hydrogen-bond acceptors (Lipinski definition) is 4. The van der Waals surface area contributed by atoms with Crippen LogP contribution in [0.4, 0.5) is 0 Å². The number of aromatic nitrogens is 2. The van der Waals surface area contributed by atoms with E-state index in [0.717, 1.165) is 31.4 Å². The second-order valence-corrected chi connectivity index (χ2v) is 6.66. The number of aliphatic hydroxyl groups is 1. The van der Waals surface area contributed by atoms with E-state index in [0.29, 0.717) is 12.8 Å². The van der Waals surface area contributed by atoms with E-state index in [1.807, 2.05) is 30.3 Å². The van der Waals surface area contributed by atoms with Gasteiger partial charge in [-0.1, -0.05) is 43.9 Å². The number of carbonyl (C=O) groups is 2. The number of ketones is 1. The normalized spacial score (nSPS) is 16.8. The number of carbonyl (C=O) groups excluding carboxylic acids is 2. The van der Waals surface area contributed by atoms with Crippen LogP contribution >= 0.6 is 0 Å². The number of Topliss-reactive ketones (excluding diaryl/α,β-unsaturated/α-hetero) is 1. The van der Waals surface area contributed by atoms with Gasteiger partial charge < -0.3 is 10.4 Å². The minimum Gasteiger partial charge on any atom is -0.388 e. The molecule has 2 aromatic rings. The molecule has 1 heterocycles. The zero-order chi connectivity index (χ0) is 17.7. The number of nitrogens with one attached hydrogen (secondary N) is 1. The summed E-state index contributed by atoms with van der Waals surface area (Å²) in [6.45, 7) is 0.115. The van der Waals surface area contributed by atoms with Gasteiger partial charge in [-0.15, -0.1) is 0 Å². The molecule has 0 spiro atoms. The van der Waals surface area contributed by atoms with Gasteiger partial charge in [0.15, 0.2) is 0 Å². The van der Waals surface area contributed by atoms with Crippen LogP contribution in [0.1, 0.15) is 48.9 Å². The van der Waals surface area contributed by atoms with Crippen molar-refractivity contribution in [2.75, 3.05) is 6.54 Å². The number of nitrogens with zero attached hydrogens (tertiary/aromatic N) is 2. The highest BCUT2D eigenvalue weighted by Crippen LogP contribution is 2.26. The van der Waals surface area contributed by atoms with E-state index in [2.05, 4.69) is 10.4 Å². The standard InChI is InChI=1S/C19H23N3O3/c23-17(15-12-21-22(13-15)16-8-4-3-5-9-16)18(24)20-14-19(25)10-6-1-2-7-11-19/h3-5,8-9,12-13,25H,1-2,6-7,10-11,14H2,(H,20,24). The molecule has 0 saturated heterocycles. The van der Waals surface area contributed by atoms with E-state index in [9.17, 15) is 14.7 Å². The molecule has 0 aliphatic heterocycles. The molecule has 1 aromatic carbocycles. The third kappa shape index (κ3) is 4.33. The first-order valence-electron chi connectivity index (χ1n) is 8.72. The molecule has 1 fully saturated rings. The number of rotatable bonds is 5. The van der Waals surface area contributed by atoms with Crippen molar-refractivity contribution in [2.45, 2.75) is 44.1 Å². The van der Waals surface area contributed by atoms with Gasteiger partial charge in [0.2, 0.25) is 0 Å². The fourth-order valence-electron chi connectivity index (χ4n) is 3.18. The lowest BCUT2D eigenvalue weighted by atomic mass is 9.94. The van der Waals surface area contributed by atoms with Crippen molar-refractivity contribution in [1.29, 1.82) is 0 Å². The van der Waals surface area contributed by atoms with E-state index < -0.39 is 17.3 Å². The predicted octanol–water partition coefficient (Wildman–Crippen LogP) is 2.26. The minimum atomic E-state index is -0.902. The first-order valence-corrected chi connectivity index (χ1v) is 8.72. The Bertz CT molecular complexity index is 731. The zero-order valence-electron chi connectivity index (χ0n) is 14.1. The van der Waals surface area contributed by atoms with Crippen molar-refractivity contribution in [3.05, 3.63) is 48.3 Å². The molecule has 3 rings (SSSR count). The topological polar surface area (TPSA) is 84.2 Å². The van der Waals surface area contributed by atoms with Gasteiger partial charge >= 0.3 is 0 Å². The predicted molar refractivity (Wildman–Crippen MR) is 93.6 cm³/mol. The summed E-state index contributed by atoms with van der Waals surface area (Å²) in [5, 5.41) is 17.3. The number of hydrogen-bond donors (Lipinski definition) is 2. The lowest BCUT2D eigenvalue weighted by Gasteiger charge is -2.26. The molecular formula is C19H23N3O3. The Morgan fingerprint density at radius 1 is 1.12 bits per heavy atom. The number of para-hydroxylation sites is 1. The van der Waals surface area contributed by atoms with Crippen LogP contribution in [-0.4, -0.2) is 38.7 Å². The van der Waals surface area contributed by atoms with Crippen LogP contribution in [0.25, 0.3) is 5.69 Å². The van der Waals surface area contributed by atoms with Gasteiger partial charge in [0.25, 0.3) is 11.7 Å². The highest BCUT2D eigenvalue weighted by atomic mass is 16.3. The summed E-state index contributed by atoms with van der Waals surface area (Å²) < 4.78 is 1.55.